The molecule has 0 radical (unpaired) electrons. The molecule has 1 aliphatic rings. The molecule has 16 heavy (non-hydrogen) atoms. The zero-order valence-electron chi connectivity index (χ0n) is 9.14. The van der Waals surface area contributed by atoms with Crippen molar-refractivity contribution in [2.75, 3.05) is 6.54 Å². The van der Waals surface area contributed by atoms with Crippen LogP contribution in [0.5, 0.6) is 5.88 Å². The summed E-state index contributed by atoms with van der Waals surface area (Å²) >= 11 is 0. The minimum atomic E-state index is 0.198. The number of rotatable bonds is 2. The summed E-state index contributed by atoms with van der Waals surface area (Å²) in [6.45, 7) is 3.03. The molecule has 1 aromatic heterocycles. The molecule has 3 rings (SSSR count). The van der Waals surface area contributed by atoms with Gasteiger partial charge in [0.2, 0.25) is 0 Å². The number of benzene rings is 1. The molecule has 0 spiro atoms. The third-order valence-corrected chi connectivity index (χ3v) is 2.93. The third kappa shape index (κ3) is 1.65. The molecule has 0 unspecified atom stereocenters. The van der Waals surface area contributed by atoms with Crippen molar-refractivity contribution in [2.24, 2.45) is 0 Å². The van der Waals surface area contributed by atoms with Crippen molar-refractivity contribution >= 4 is 11.0 Å². The maximum absolute atomic E-state index is 5.83. The minimum absolute atomic E-state index is 0.198. The largest absolute Gasteiger partial charge is 0.470 e. The van der Waals surface area contributed by atoms with E-state index in [2.05, 4.69) is 17.4 Å². The molecule has 0 bridgehead atoms. The summed E-state index contributed by atoms with van der Waals surface area (Å²) in [7, 11) is 0. The number of fused-ring (bicyclic) bond motifs is 1. The van der Waals surface area contributed by atoms with Crippen LogP contribution in [0.15, 0.2) is 28.8 Å². The number of hydrogen-bond donors (Lipinski definition) is 1. The molecule has 2 atom stereocenters. The lowest BCUT2D eigenvalue weighted by atomic mass is 10.2. The van der Waals surface area contributed by atoms with Gasteiger partial charge in [-0.05, 0) is 24.2 Å². The van der Waals surface area contributed by atoms with Gasteiger partial charge in [-0.2, -0.15) is 0 Å². The van der Waals surface area contributed by atoms with Gasteiger partial charge in [0.15, 0.2) is 5.58 Å². The van der Waals surface area contributed by atoms with Crippen LogP contribution in [0.25, 0.3) is 11.0 Å². The Morgan fingerprint density at radius 3 is 3.12 bits per heavy atom. The molecule has 1 saturated heterocycles. The zero-order valence-corrected chi connectivity index (χ0v) is 9.14. The van der Waals surface area contributed by atoms with Crippen molar-refractivity contribution in [3.8, 4) is 5.88 Å². The van der Waals surface area contributed by atoms with Crippen molar-refractivity contribution in [1.82, 2.24) is 10.5 Å². The standard InChI is InChI=1S/C12H14N2O2/c1-8-6-9(7-13-8)15-12-10-4-2-3-5-11(10)16-14-12/h2-5,8-9,13H,6-7H2,1H3/t8-,9-/m1/s1. The first-order valence-corrected chi connectivity index (χ1v) is 5.57. The van der Waals surface area contributed by atoms with Crippen molar-refractivity contribution < 1.29 is 9.26 Å². The molecular weight excluding hydrogens is 204 g/mol. The van der Waals surface area contributed by atoms with Gasteiger partial charge < -0.3 is 14.6 Å². The van der Waals surface area contributed by atoms with Crippen LogP contribution < -0.4 is 10.1 Å². The average Bonchev–Trinajstić information content (AvgIpc) is 2.87. The molecule has 84 valence electrons. The monoisotopic (exact) mass is 218 g/mol. The fraction of sp³-hybridized carbons (Fsp3) is 0.417. The first-order valence-electron chi connectivity index (χ1n) is 5.57. The Bertz CT molecular complexity index is 494. The van der Waals surface area contributed by atoms with E-state index in [0.29, 0.717) is 11.9 Å². The maximum atomic E-state index is 5.83. The maximum Gasteiger partial charge on any atom is 0.262 e. The topological polar surface area (TPSA) is 47.3 Å². The molecule has 0 aliphatic carbocycles. The van der Waals surface area contributed by atoms with Gasteiger partial charge in [0.1, 0.15) is 6.10 Å². The van der Waals surface area contributed by atoms with E-state index < -0.39 is 0 Å². The van der Waals surface area contributed by atoms with Gasteiger partial charge >= 0.3 is 0 Å². The van der Waals surface area contributed by atoms with E-state index in [9.17, 15) is 0 Å². The minimum Gasteiger partial charge on any atom is -0.470 e. The molecule has 1 fully saturated rings. The highest BCUT2D eigenvalue weighted by Gasteiger charge is 2.23. The molecule has 1 aliphatic heterocycles. The Hall–Kier alpha value is -1.55. The number of nitrogens with zero attached hydrogens (tertiary/aromatic N) is 1. The van der Waals surface area contributed by atoms with Crippen LogP contribution in [-0.2, 0) is 0 Å². The van der Waals surface area contributed by atoms with Crippen molar-refractivity contribution in [3.05, 3.63) is 24.3 Å². The van der Waals surface area contributed by atoms with E-state index in [4.69, 9.17) is 9.26 Å². The summed E-state index contributed by atoms with van der Waals surface area (Å²) < 4.78 is 11.0. The highest BCUT2D eigenvalue weighted by Crippen LogP contribution is 2.26. The summed E-state index contributed by atoms with van der Waals surface area (Å²) in [5, 5.41) is 8.25. The first kappa shape index (κ1) is 9.66. The van der Waals surface area contributed by atoms with Crippen LogP contribution in [0.4, 0.5) is 0 Å². The summed E-state index contributed by atoms with van der Waals surface area (Å²) in [5.41, 5.74) is 0.775. The van der Waals surface area contributed by atoms with E-state index in [-0.39, 0.29) is 6.10 Å². The van der Waals surface area contributed by atoms with Crippen LogP contribution in [-0.4, -0.2) is 23.8 Å². The van der Waals surface area contributed by atoms with Crippen molar-refractivity contribution in [1.29, 1.82) is 0 Å². The van der Waals surface area contributed by atoms with Gasteiger partial charge in [-0.25, -0.2) is 0 Å². The van der Waals surface area contributed by atoms with E-state index in [0.717, 1.165) is 23.9 Å². The molecule has 1 N–H and O–H groups in total. The smallest absolute Gasteiger partial charge is 0.262 e. The Morgan fingerprint density at radius 1 is 1.44 bits per heavy atom. The van der Waals surface area contributed by atoms with Crippen LogP contribution >= 0.6 is 0 Å². The Labute approximate surface area is 93.6 Å². The van der Waals surface area contributed by atoms with Crippen LogP contribution in [0.3, 0.4) is 0 Å². The van der Waals surface area contributed by atoms with Crippen LogP contribution in [0.2, 0.25) is 0 Å². The lowest BCUT2D eigenvalue weighted by molar-refractivity contribution is 0.202. The van der Waals surface area contributed by atoms with Crippen molar-refractivity contribution in [3.63, 3.8) is 0 Å². The Balaban J connectivity index is 1.84. The van der Waals surface area contributed by atoms with E-state index >= 15 is 0 Å². The molecule has 2 aromatic rings. The fourth-order valence-electron chi connectivity index (χ4n) is 2.09. The third-order valence-electron chi connectivity index (χ3n) is 2.93. The second kappa shape index (κ2) is 3.79. The Kier molecular flexibility index (Phi) is 2.29. The predicted octanol–water partition coefficient (Wildman–Crippen LogP) is 1.96. The van der Waals surface area contributed by atoms with Gasteiger partial charge in [-0.15, -0.1) is 0 Å². The molecule has 0 amide bonds. The molecule has 4 nitrogen and oxygen atoms in total. The van der Waals surface area contributed by atoms with Crippen molar-refractivity contribution in [2.45, 2.75) is 25.5 Å². The van der Waals surface area contributed by atoms with E-state index in [1.165, 1.54) is 0 Å². The van der Waals surface area contributed by atoms with Gasteiger partial charge in [0, 0.05) is 19.0 Å². The quantitative estimate of drug-likeness (QED) is 0.837. The normalized spacial score (nSPS) is 25.1. The van der Waals surface area contributed by atoms with Crippen LogP contribution in [0, 0.1) is 0 Å². The number of hydrogen-bond acceptors (Lipinski definition) is 4. The molecule has 2 heterocycles. The lowest BCUT2D eigenvalue weighted by Gasteiger charge is -2.09. The average molecular weight is 218 g/mol. The van der Waals surface area contributed by atoms with Gasteiger partial charge in [-0.1, -0.05) is 12.1 Å². The molecule has 1 aromatic carbocycles. The SMILES string of the molecule is C[C@@H]1C[C@@H](Oc2noc3ccccc23)CN1. The Morgan fingerprint density at radius 2 is 2.31 bits per heavy atom. The zero-order chi connectivity index (χ0) is 11.0. The summed E-state index contributed by atoms with van der Waals surface area (Å²) in [5.74, 6) is 0.608. The summed E-state index contributed by atoms with van der Waals surface area (Å²) in [6, 6.07) is 8.26. The number of ether oxygens (including phenoxy) is 1. The lowest BCUT2D eigenvalue weighted by Crippen LogP contribution is -2.20. The van der Waals surface area contributed by atoms with Gasteiger partial charge in [-0.3, -0.25) is 0 Å². The van der Waals surface area contributed by atoms with Gasteiger partial charge in [0.05, 0.1) is 5.39 Å². The highest BCUT2D eigenvalue weighted by molar-refractivity contribution is 5.81. The number of nitrogens with one attached hydrogen (secondary N) is 1. The predicted molar refractivity (Wildman–Crippen MR) is 60.5 cm³/mol. The molecular formula is C12H14N2O2. The van der Waals surface area contributed by atoms with E-state index in [1.54, 1.807) is 0 Å². The summed E-state index contributed by atoms with van der Waals surface area (Å²) in [6.07, 6.45) is 1.21. The number of para-hydroxylation sites is 1. The van der Waals surface area contributed by atoms with E-state index in [1.807, 2.05) is 24.3 Å². The summed E-state index contributed by atoms with van der Waals surface area (Å²) in [4.78, 5) is 0. The highest BCUT2D eigenvalue weighted by atomic mass is 16.5. The van der Waals surface area contributed by atoms with Gasteiger partial charge in [0.25, 0.3) is 5.88 Å². The molecule has 0 saturated carbocycles. The second-order valence-electron chi connectivity index (χ2n) is 4.27. The fourth-order valence-corrected chi connectivity index (χ4v) is 2.09. The number of aromatic nitrogens is 1. The molecule has 4 heteroatoms. The second-order valence-corrected chi connectivity index (χ2v) is 4.27. The first-order chi connectivity index (χ1) is 7.83. The van der Waals surface area contributed by atoms with Crippen LogP contribution in [0.1, 0.15) is 13.3 Å².